The van der Waals surface area contributed by atoms with Crippen LogP contribution in [0.25, 0.3) is 0 Å². The molecule has 0 amide bonds. The summed E-state index contributed by atoms with van der Waals surface area (Å²) in [4.78, 5) is 0. The van der Waals surface area contributed by atoms with Gasteiger partial charge < -0.3 is 0 Å². The Morgan fingerprint density at radius 2 is 1.14 bits per heavy atom. The van der Waals surface area contributed by atoms with E-state index in [2.05, 4.69) is 92.7 Å². The first-order valence-corrected chi connectivity index (χ1v) is 7.76. The number of benzene rings is 3. The fourth-order valence-corrected chi connectivity index (χ4v) is 3.30. The molecular formula is C22H21. The maximum absolute atomic E-state index is 3.12. The quantitative estimate of drug-likeness (QED) is 0.585. The third-order valence-electron chi connectivity index (χ3n) is 4.45. The maximum atomic E-state index is 3.12. The van der Waals surface area contributed by atoms with Crippen LogP contribution in [0, 0.1) is 6.07 Å². The van der Waals surface area contributed by atoms with Crippen molar-refractivity contribution >= 4 is 0 Å². The van der Waals surface area contributed by atoms with Crippen molar-refractivity contribution in [1.82, 2.24) is 0 Å². The molecule has 0 saturated heterocycles. The van der Waals surface area contributed by atoms with E-state index >= 15 is 0 Å². The highest BCUT2D eigenvalue weighted by atomic mass is 14.4. The van der Waals surface area contributed by atoms with Crippen LogP contribution in [-0.2, 0) is 5.41 Å². The molecule has 0 aromatic heterocycles. The van der Waals surface area contributed by atoms with Crippen LogP contribution < -0.4 is 0 Å². The van der Waals surface area contributed by atoms with Crippen LogP contribution in [0.1, 0.15) is 36.5 Å². The largest absolute Gasteiger partial charge is 0.0622 e. The second-order valence-corrected chi connectivity index (χ2v) is 6.26. The molecule has 0 N–H and O–H groups in total. The van der Waals surface area contributed by atoms with Gasteiger partial charge in [-0.1, -0.05) is 98.8 Å². The lowest BCUT2D eigenvalue weighted by Crippen LogP contribution is -2.28. The highest BCUT2D eigenvalue weighted by Gasteiger charge is 2.33. The van der Waals surface area contributed by atoms with Gasteiger partial charge in [-0.05, 0) is 22.8 Å². The van der Waals surface area contributed by atoms with Crippen LogP contribution in [0.5, 0.6) is 0 Å². The maximum Gasteiger partial charge on any atom is 0.0181 e. The van der Waals surface area contributed by atoms with Crippen molar-refractivity contribution in [2.75, 3.05) is 0 Å². The molecule has 0 unspecified atom stereocenters. The van der Waals surface area contributed by atoms with Crippen molar-refractivity contribution < 1.29 is 0 Å². The summed E-state index contributed by atoms with van der Waals surface area (Å²) < 4.78 is 0. The summed E-state index contributed by atoms with van der Waals surface area (Å²) in [5, 5.41) is 0. The van der Waals surface area contributed by atoms with Gasteiger partial charge in [0, 0.05) is 11.3 Å². The summed E-state index contributed by atoms with van der Waals surface area (Å²) in [7, 11) is 0. The first-order chi connectivity index (χ1) is 10.7. The minimum absolute atomic E-state index is 0.00218. The normalized spacial score (nSPS) is 11.6. The lowest BCUT2D eigenvalue weighted by atomic mass is 9.67. The van der Waals surface area contributed by atoms with E-state index in [1.54, 1.807) is 0 Å². The molecule has 0 aliphatic heterocycles. The topological polar surface area (TPSA) is 0 Å². The zero-order chi connectivity index (χ0) is 15.4. The van der Waals surface area contributed by atoms with E-state index in [-0.39, 0.29) is 5.41 Å². The zero-order valence-electron chi connectivity index (χ0n) is 13.2. The van der Waals surface area contributed by atoms with Gasteiger partial charge in [-0.15, -0.1) is 0 Å². The Hall–Kier alpha value is -2.34. The van der Waals surface area contributed by atoms with Crippen molar-refractivity contribution in [1.29, 1.82) is 0 Å². The number of hydrogen-bond donors (Lipinski definition) is 0. The summed E-state index contributed by atoms with van der Waals surface area (Å²) in [5.74, 6) is 0.317. The smallest absolute Gasteiger partial charge is 0.0181 e. The lowest BCUT2D eigenvalue weighted by molar-refractivity contribution is 0.459. The molecular weight excluding hydrogens is 264 g/mol. The molecule has 109 valence electrons. The SMILES string of the molecule is CC(C)(c1cc[c]cc1)C(c1ccccc1)c1ccccc1. The van der Waals surface area contributed by atoms with Gasteiger partial charge in [0.15, 0.2) is 0 Å². The highest BCUT2D eigenvalue weighted by molar-refractivity contribution is 5.40. The molecule has 3 aromatic rings. The van der Waals surface area contributed by atoms with E-state index in [1.807, 2.05) is 12.1 Å². The average Bonchev–Trinajstić information content (AvgIpc) is 2.58. The van der Waals surface area contributed by atoms with Crippen LogP contribution in [0.4, 0.5) is 0 Å². The number of hydrogen-bond acceptors (Lipinski definition) is 0. The predicted molar refractivity (Wildman–Crippen MR) is 93.0 cm³/mol. The molecule has 0 fully saturated rings. The van der Waals surface area contributed by atoms with E-state index < -0.39 is 0 Å². The summed E-state index contributed by atoms with van der Waals surface area (Å²) in [5.41, 5.74) is 4.04. The first-order valence-electron chi connectivity index (χ1n) is 7.76. The van der Waals surface area contributed by atoms with Gasteiger partial charge in [0.05, 0.1) is 0 Å². The van der Waals surface area contributed by atoms with Crippen LogP contribution in [0.3, 0.4) is 0 Å². The third kappa shape index (κ3) is 2.82. The molecule has 0 aliphatic rings. The van der Waals surface area contributed by atoms with Gasteiger partial charge in [-0.3, -0.25) is 0 Å². The first kappa shape index (κ1) is 14.6. The van der Waals surface area contributed by atoms with Gasteiger partial charge in [0.2, 0.25) is 0 Å². The molecule has 0 heteroatoms. The van der Waals surface area contributed by atoms with Gasteiger partial charge in [0.1, 0.15) is 0 Å². The van der Waals surface area contributed by atoms with Crippen LogP contribution in [0.15, 0.2) is 84.9 Å². The standard InChI is InChI=1S/C22H21/c1-22(2,20-16-10-5-11-17-20)21(18-12-6-3-7-13-18)19-14-8-4-9-15-19/h3-4,6-17,21H,1-2H3. The van der Waals surface area contributed by atoms with Crippen LogP contribution in [-0.4, -0.2) is 0 Å². The minimum Gasteiger partial charge on any atom is -0.0622 e. The van der Waals surface area contributed by atoms with E-state index in [0.29, 0.717) is 5.92 Å². The molecule has 0 spiro atoms. The monoisotopic (exact) mass is 285 g/mol. The van der Waals surface area contributed by atoms with Gasteiger partial charge >= 0.3 is 0 Å². The fraction of sp³-hybridized carbons (Fsp3) is 0.182. The summed E-state index contributed by atoms with van der Waals surface area (Å²) in [6.07, 6.45) is 0. The second-order valence-electron chi connectivity index (χ2n) is 6.26. The van der Waals surface area contributed by atoms with Crippen molar-refractivity contribution in [3.05, 3.63) is 108 Å². The molecule has 22 heavy (non-hydrogen) atoms. The summed E-state index contributed by atoms with van der Waals surface area (Å²) >= 11 is 0. The Labute approximate surface area is 133 Å². The average molecular weight is 285 g/mol. The Kier molecular flexibility index (Phi) is 4.11. The van der Waals surface area contributed by atoms with E-state index in [4.69, 9.17) is 0 Å². The molecule has 0 saturated carbocycles. The van der Waals surface area contributed by atoms with Crippen molar-refractivity contribution in [3.63, 3.8) is 0 Å². The van der Waals surface area contributed by atoms with E-state index in [9.17, 15) is 0 Å². The molecule has 0 atom stereocenters. The fourth-order valence-electron chi connectivity index (χ4n) is 3.30. The molecule has 1 radical (unpaired) electrons. The molecule has 0 aliphatic carbocycles. The Bertz CT molecular complexity index is 657. The Morgan fingerprint density at radius 3 is 1.59 bits per heavy atom. The minimum atomic E-state index is -0.00218. The molecule has 3 aromatic carbocycles. The van der Waals surface area contributed by atoms with Crippen LogP contribution >= 0.6 is 0 Å². The Balaban J connectivity index is 2.14. The van der Waals surface area contributed by atoms with Gasteiger partial charge in [-0.25, -0.2) is 0 Å². The van der Waals surface area contributed by atoms with Crippen molar-refractivity contribution in [3.8, 4) is 0 Å². The Morgan fingerprint density at radius 1 is 0.682 bits per heavy atom. The van der Waals surface area contributed by atoms with E-state index in [1.165, 1.54) is 16.7 Å². The summed E-state index contributed by atoms with van der Waals surface area (Å²) in [6.45, 7) is 4.65. The predicted octanol–water partition coefficient (Wildman–Crippen LogP) is 5.60. The zero-order valence-corrected chi connectivity index (χ0v) is 13.2. The number of rotatable bonds is 4. The van der Waals surface area contributed by atoms with E-state index in [0.717, 1.165) is 0 Å². The molecule has 0 bridgehead atoms. The molecule has 3 rings (SSSR count). The van der Waals surface area contributed by atoms with Crippen LogP contribution in [0.2, 0.25) is 0 Å². The summed E-state index contributed by atoms with van der Waals surface area (Å²) in [6, 6.07) is 33.1. The highest BCUT2D eigenvalue weighted by Crippen LogP contribution is 2.42. The van der Waals surface area contributed by atoms with Gasteiger partial charge in [0.25, 0.3) is 0 Å². The third-order valence-corrected chi connectivity index (χ3v) is 4.45. The van der Waals surface area contributed by atoms with Crippen molar-refractivity contribution in [2.45, 2.75) is 25.2 Å². The second kappa shape index (κ2) is 6.19. The molecule has 0 heterocycles. The van der Waals surface area contributed by atoms with Gasteiger partial charge in [-0.2, -0.15) is 0 Å². The lowest BCUT2D eigenvalue weighted by Gasteiger charge is -2.36. The molecule has 0 nitrogen and oxygen atoms in total. The van der Waals surface area contributed by atoms with Crippen molar-refractivity contribution in [2.24, 2.45) is 0 Å².